The zero-order valence-corrected chi connectivity index (χ0v) is 20.0. The van der Waals surface area contributed by atoms with Crippen LogP contribution in [0.25, 0.3) is 4.96 Å². The van der Waals surface area contributed by atoms with E-state index in [2.05, 4.69) is 36.0 Å². The summed E-state index contributed by atoms with van der Waals surface area (Å²) in [5.41, 5.74) is 1.39. The molecule has 8 nitrogen and oxygen atoms in total. The number of likely N-dealkylation sites (N-methyl/N-ethyl adjacent to an activating group) is 1. The molecule has 0 unspecified atom stereocenters. The number of thiazole rings is 1. The number of anilines is 1. The third kappa shape index (κ3) is 4.72. The second-order valence-electron chi connectivity index (χ2n) is 8.82. The van der Waals surface area contributed by atoms with Crippen molar-refractivity contribution in [1.82, 2.24) is 14.7 Å². The van der Waals surface area contributed by atoms with E-state index in [4.69, 9.17) is 4.74 Å². The van der Waals surface area contributed by atoms with Gasteiger partial charge in [-0.2, -0.15) is 0 Å². The van der Waals surface area contributed by atoms with Crippen LogP contribution in [0.3, 0.4) is 0 Å². The lowest BCUT2D eigenvalue weighted by atomic mass is 10.1. The number of imidazole rings is 1. The standard InChI is InChI=1S/C24H26N4O4S/c1-14(2)19-13-33-23-26-16(11-28(19)23)21(29)25-17-12-32-20-7-6-15(8-9-24(3,4)31)10-18(20)27(5)22(17)30/h6-7,10-11,13-14,17,31H,12H2,1-5H3,(H,25,29)/t17-/m0/s1. The van der Waals surface area contributed by atoms with Crippen molar-refractivity contribution in [3.8, 4) is 17.6 Å². The lowest BCUT2D eigenvalue weighted by Gasteiger charge is -2.20. The molecule has 0 saturated heterocycles. The first-order valence-electron chi connectivity index (χ1n) is 10.6. The van der Waals surface area contributed by atoms with Gasteiger partial charge in [0.2, 0.25) is 0 Å². The largest absolute Gasteiger partial charge is 0.489 e. The van der Waals surface area contributed by atoms with Crippen molar-refractivity contribution in [2.75, 3.05) is 18.6 Å². The smallest absolute Gasteiger partial charge is 0.272 e. The molecule has 0 spiro atoms. The number of ether oxygens (including phenoxy) is 1. The summed E-state index contributed by atoms with van der Waals surface area (Å²) in [6, 6.07) is 4.35. The van der Waals surface area contributed by atoms with Crippen LogP contribution in [0.2, 0.25) is 0 Å². The Morgan fingerprint density at radius 2 is 2.15 bits per heavy atom. The normalized spacial score (nSPS) is 16.2. The van der Waals surface area contributed by atoms with Gasteiger partial charge in [-0.3, -0.25) is 14.0 Å². The molecule has 1 atom stereocenters. The molecule has 4 rings (SSSR count). The van der Waals surface area contributed by atoms with E-state index in [0.29, 0.717) is 22.9 Å². The van der Waals surface area contributed by atoms with Crippen molar-refractivity contribution in [2.45, 2.75) is 45.3 Å². The number of nitrogens with one attached hydrogen (secondary N) is 1. The second kappa shape index (κ2) is 8.54. The van der Waals surface area contributed by atoms with Crippen LogP contribution in [0.1, 0.15) is 55.4 Å². The molecule has 0 bridgehead atoms. The van der Waals surface area contributed by atoms with E-state index in [-0.39, 0.29) is 18.2 Å². The Bertz CT molecular complexity index is 1290. The Labute approximate surface area is 196 Å². The molecule has 3 heterocycles. The van der Waals surface area contributed by atoms with Gasteiger partial charge in [-0.25, -0.2) is 4.98 Å². The van der Waals surface area contributed by atoms with Crippen LogP contribution in [0.15, 0.2) is 29.8 Å². The van der Waals surface area contributed by atoms with Gasteiger partial charge in [-0.1, -0.05) is 25.7 Å². The van der Waals surface area contributed by atoms with Crippen molar-refractivity contribution in [1.29, 1.82) is 0 Å². The van der Waals surface area contributed by atoms with Crippen molar-refractivity contribution in [2.24, 2.45) is 0 Å². The average Bonchev–Trinajstić information content (AvgIpc) is 3.31. The molecule has 3 aromatic rings. The van der Waals surface area contributed by atoms with Crippen LogP contribution in [-0.2, 0) is 4.79 Å². The van der Waals surface area contributed by atoms with Crippen molar-refractivity contribution >= 4 is 33.8 Å². The highest BCUT2D eigenvalue weighted by Crippen LogP contribution is 2.31. The van der Waals surface area contributed by atoms with E-state index in [1.54, 1.807) is 45.3 Å². The molecule has 2 amide bonds. The highest BCUT2D eigenvalue weighted by molar-refractivity contribution is 7.15. The Balaban J connectivity index is 1.54. The van der Waals surface area contributed by atoms with E-state index in [0.717, 1.165) is 10.7 Å². The molecule has 33 heavy (non-hydrogen) atoms. The first kappa shape index (κ1) is 22.8. The van der Waals surface area contributed by atoms with Gasteiger partial charge in [0, 0.05) is 29.9 Å². The Morgan fingerprint density at radius 3 is 2.85 bits per heavy atom. The fraction of sp³-hybridized carbons (Fsp3) is 0.375. The molecule has 9 heteroatoms. The van der Waals surface area contributed by atoms with Gasteiger partial charge >= 0.3 is 0 Å². The predicted octanol–water partition coefficient (Wildman–Crippen LogP) is 2.80. The number of hydrogen-bond acceptors (Lipinski definition) is 6. The Kier molecular flexibility index (Phi) is 5.91. The molecule has 1 aliphatic rings. The average molecular weight is 467 g/mol. The number of aromatic nitrogens is 2. The van der Waals surface area contributed by atoms with Crippen LogP contribution in [0.5, 0.6) is 5.75 Å². The molecule has 0 radical (unpaired) electrons. The van der Waals surface area contributed by atoms with Crippen LogP contribution in [0.4, 0.5) is 5.69 Å². The van der Waals surface area contributed by atoms with E-state index in [1.807, 2.05) is 9.78 Å². The highest BCUT2D eigenvalue weighted by atomic mass is 32.1. The number of hydrogen-bond donors (Lipinski definition) is 2. The first-order chi connectivity index (χ1) is 15.5. The fourth-order valence-corrected chi connectivity index (χ4v) is 4.50. The van der Waals surface area contributed by atoms with E-state index in [9.17, 15) is 14.7 Å². The van der Waals surface area contributed by atoms with Gasteiger partial charge in [0.15, 0.2) is 4.96 Å². The number of amides is 2. The third-order valence-corrected chi connectivity index (χ3v) is 6.09. The first-order valence-corrected chi connectivity index (χ1v) is 11.5. The van der Waals surface area contributed by atoms with Gasteiger partial charge in [0.05, 0.1) is 5.69 Å². The maximum absolute atomic E-state index is 13.1. The topological polar surface area (TPSA) is 96.2 Å². The van der Waals surface area contributed by atoms with E-state index < -0.39 is 17.6 Å². The molecule has 1 aliphatic heterocycles. The molecule has 0 saturated carbocycles. The fourth-order valence-electron chi connectivity index (χ4n) is 3.46. The SMILES string of the molecule is CC(C)c1csc2nc(C(=O)N[C@H]3COc4ccc(C#CC(C)(C)O)cc4N(C)C3=O)cn12. The minimum absolute atomic E-state index is 0.00390. The lowest BCUT2D eigenvalue weighted by molar-refractivity contribution is -0.120. The Morgan fingerprint density at radius 1 is 1.39 bits per heavy atom. The van der Waals surface area contributed by atoms with Gasteiger partial charge < -0.3 is 20.1 Å². The van der Waals surface area contributed by atoms with Crippen molar-refractivity contribution < 1.29 is 19.4 Å². The maximum Gasteiger partial charge on any atom is 0.272 e. The van der Waals surface area contributed by atoms with E-state index in [1.165, 1.54) is 16.2 Å². The molecule has 0 aliphatic carbocycles. The van der Waals surface area contributed by atoms with Crippen LogP contribution >= 0.6 is 11.3 Å². The summed E-state index contributed by atoms with van der Waals surface area (Å²) in [5, 5.41) is 14.6. The number of carbonyl (C=O) groups is 2. The van der Waals surface area contributed by atoms with Crippen LogP contribution in [-0.4, -0.2) is 51.6 Å². The van der Waals surface area contributed by atoms with Gasteiger partial charge in [0.1, 0.15) is 29.7 Å². The summed E-state index contributed by atoms with van der Waals surface area (Å²) in [6.07, 6.45) is 1.70. The summed E-state index contributed by atoms with van der Waals surface area (Å²) in [6.45, 7) is 7.36. The van der Waals surface area contributed by atoms with E-state index >= 15 is 0 Å². The number of benzene rings is 1. The van der Waals surface area contributed by atoms with Gasteiger partial charge in [-0.05, 0) is 38.0 Å². The van der Waals surface area contributed by atoms with Crippen molar-refractivity contribution in [3.05, 3.63) is 46.7 Å². The summed E-state index contributed by atoms with van der Waals surface area (Å²) < 4.78 is 7.75. The molecular weight excluding hydrogens is 440 g/mol. The molecular formula is C24H26N4O4S. The minimum atomic E-state index is -1.13. The molecule has 1 aromatic carbocycles. The molecule has 0 fully saturated rings. The summed E-state index contributed by atoms with van der Waals surface area (Å²) in [4.78, 5) is 32.6. The van der Waals surface area contributed by atoms with Crippen LogP contribution in [0, 0.1) is 11.8 Å². The second-order valence-corrected chi connectivity index (χ2v) is 9.66. The lowest BCUT2D eigenvalue weighted by Crippen LogP contribution is -2.49. The number of nitrogens with zero attached hydrogens (tertiary/aromatic N) is 3. The van der Waals surface area contributed by atoms with Crippen LogP contribution < -0.4 is 15.0 Å². The number of rotatable bonds is 3. The third-order valence-electron chi connectivity index (χ3n) is 5.23. The number of aliphatic hydroxyl groups is 1. The summed E-state index contributed by atoms with van der Waals surface area (Å²) in [7, 11) is 1.63. The number of carbonyl (C=O) groups excluding carboxylic acids is 2. The zero-order valence-electron chi connectivity index (χ0n) is 19.2. The molecule has 2 aromatic heterocycles. The predicted molar refractivity (Wildman–Crippen MR) is 127 cm³/mol. The summed E-state index contributed by atoms with van der Waals surface area (Å²) >= 11 is 1.47. The maximum atomic E-state index is 13.1. The minimum Gasteiger partial charge on any atom is -0.489 e. The van der Waals surface area contributed by atoms with Gasteiger partial charge in [0.25, 0.3) is 11.8 Å². The summed E-state index contributed by atoms with van der Waals surface area (Å²) in [5.74, 6) is 5.73. The quantitative estimate of drug-likeness (QED) is 0.579. The zero-order chi connectivity index (χ0) is 23.9. The van der Waals surface area contributed by atoms with Gasteiger partial charge in [-0.15, -0.1) is 11.3 Å². The number of fused-ring (bicyclic) bond motifs is 2. The Hall–Kier alpha value is -3.35. The molecule has 2 N–H and O–H groups in total. The molecule has 172 valence electrons. The highest BCUT2D eigenvalue weighted by Gasteiger charge is 2.31. The van der Waals surface area contributed by atoms with Crippen molar-refractivity contribution in [3.63, 3.8) is 0 Å². The monoisotopic (exact) mass is 466 g/mol.